The van der Waals surface area contributed by atoms with E-state index in [-0.39, 0.29) is 24.4 Å². The molecule has 0 bridgehead atoms. The SMILES string of the molecule is CCC(=O)N(CCN1CCOCC1)CC(=O)N1N=C(c2ccc(C)c(C)c2)C[C@H]1c1ccc(C)cc1. The summed E-state index contributed by atoms with van der Waals surface area (Å²) >= 11 is 0. The zero-order chi connectivity index (χ0) is 25.7. The van der Waals surface area contributed by atoms with Crippen LogP contribution in [0.5, 0.6) is 0 Å². The number of carbonyl (C=O) groups is 2. The van der Waals surface area contributed by atoms with Gasteiger partial charge in [0.2, 0.25) is 5.91 Å². The summed E-state index contributed by atoms with van der Waals surface area (Å²) < 4.78 is 5.43. The first-order valence-electron chi connectivity index (χ1n) is 13.0. The van der Waals surface area contributed by atoms with Crippen molar-refractivity contribution < 1.29 is 14.3 Å². The van der Waals surface area contributed by atoms with Crippen molar-refractivity contribution in [1.29, 1.82) is 0 Å². The molecule has 2 aliphatic heterocycles. The molecule has 1 saturated heterocycles. The first kappa shape index (κ1) is 26.0. The first-order valence-corrected chi connectivity index (χ1v) is 13.0. The highest BCUT2D eigenvalue weighted by Crippen LogP contribution is 2.33. The van der Waals surface area contributed by atoms with E-state index < -0.39 is 0 Å². The van der Waals surface area contributed by atoms with Gasteiger partial charge in [0.25, 0.3) is 5.91 Å². The molecule has 36 heavy (non-hydrogen) atoms. The first-order chi connectivity index (χ1) is 17.4. The van der Waals surface area contributed by atoms with Crippen LogP contribution in [-0.4, -0.2) is 78.3 Å². The molecule has 0 radical (unpaired) electrons. The Kier molecular flexibility index (Phi) is 8.54. The molecule has 7 heteroatoms. The molecule has 0 saturated carbocycles. The number of rotatable bonds is 8. The second kappa shape index (κ2) is 11.8. The minimum absolute atomic E-state index is 0.0129. The molecule has 1 atom stereocenters. The highest BCUT2D eigenvalue weighted by molar-refractivity contribution is 6.03. The molecule has 1 fully saturated rings. The third-order valence-corrected chi connectivity index (χ3v) is 7.24. The van der Waals surface area contributed by atoms with E-state index in [1.165, 1.54) is 16.7 Å². The number of morpholine rings is 1. The van der Waals surface area contributed by atoms with Gasteiger partial charge in [-0.25, -0.2) is 5.01 Å². The molecule has 2 amide bonds. The van der Waals surface area contributed by atoms with Crippen molar-refractivity contribution >= 4 is 17.5 Å². The second-order valence-electron chi connectivity index (χ2n) is 9.84. The number of aryl methyl sites for hydroxylation is 3. The molecule has 2 aromatic carbocycles. The van der Waals surface area contributed by atoms with E-state index in [2.05, 4.69) is 68.1 Å². The Labute approximate surface area is 214 Å². The van der Waals surface area contributed by atoms with Crippen LogP contribution in [0.15, 0.2) is 47.6 Å². The number of carbonyl (C=O) groups excluding carboxylic acids is 2. The van der Waals surface area contributed by atoms with Gasteiger partial charge in [-0.1, -0.05) is 48.9 Å². The Hall–Kier alpha value is -3.03. The molecule has 0 aliphatic carbocycles. The molecule has 0 unspecified atom stereocenters. The van der Waals surface area contributed by atoms with Gasteiger partial charge in [0, 0.05) is 39.0 Å². The molecule has 0 spiro atoms. The van der Waals surface area contributed by atoms with Crippen LogP contribution in [0.2, 0.25) is 0 Å². The average molecular weight is 491 g/mol. The van der Waals surface area contributed by atoms with E-state index in [0.29, 0.717) is 32.6 Å². The van der Waals surface area contributed by atoms with Crippen molar-refractivity contribution in [2.45, 2.75) is 46.6 Å². The standard InChI is InChI=1S/C29H38N4O3/c1-5-28(34)32(13-12-31-14-16-36-17-15-31)20-29(35)33-27(24-9-6-21(2)7-10-24)19-26(30-33)25-11-8-22(3)23(4)18-25/h6-11,18,27H,5,12-17,19-20H2,1-4H3/t27-/m0/s1. The molecule has 0 aromatic heterocycles. The van der Waals surface area contributed by atoms with Gasteiger partial charge >= 0.3 is 0 Å². The number of hydrogen-bond donors (Lipinski definition) is 0. The van der Waals surface area contributed by atoms with E-state index in [9.17, 15) is 9.59 Å². The van der Waals surface area contributed by atoms with Crippen LogP contribution in [0.4, 0.5) is 0 Å². The molecule has 7 nitrogen and oxygen atoms in total. The molecule has 2 heterocycles. The van der Waals surface area contributed by atoms with Crippen molar-refractivity contribution in [3.8, 4) is 0 Å². The molecule has 0 N–H and O–H groups in total. The van der Waals surface area contributed by atoms with Crippen LogP contribution in [0.1, 0.15) is 53.6 Å². The van der Waals surface area contributed by atoms with Crippen LogP contribution >= 0.6 is 0 Å². The number of ether oxygens (including phenoxy) is 1. The summed E-state index contributed by atoms with van der Waals surface area (Å²) in [6, 6.07) is 14.4. The summed E-state index contributed by atoms with van der Waals surface area (Å²) in [5, 5.41) is 6.44. The minimum Gasteiger partial charge on any atom is -0.379 e. The number of hydrazone groups is 1. The highest BCUT2D eigenvalue weighted by Gasteiger charge is 2.34. The lowest BCUT2D eigenvalue weighted by atomic mass is 9.96. The van der Waals surface area contributed by atoms with Crippen LogP contribution in [0, 0.1) is 20.8 Å². The van der Waals surface area contributed by atoms with Crippen LogP contribution in [0.25, 0.3) is 0 Å². The van der Waals surface area contributed by atoms with Gasteiger partial charge in [-0.2, -0.15) is 5.10 Å². The van der Waals surface area contributed by atoms with Crippen molar-refractivity contribution in [3.05, 3.63) is 70.3 Å². The second-order valence-corrected chi connectivity index (χ2v) is 9.84. The Balaban J connectivity index is 1.56. The van der Waals surface area contributed by atoms with Crippen LogP contribution in [-0.2, 0) is 14.3 Å². The molecule has 192 valence electrons. The minimum atomic E-state index is -0.187. The highest BCUT2D eigenvalue weighted by atomic mass is 16.5. The van der Waals surface area contributed by atoms with Crippen LogP contribution < -0.4 is 0 Å². The van der Waals surface area contributed by atoms with E-state index in [1.54, 1.807) is 9.91 Å². The largest absolute Gasteiger partial charge is 0.379 e. The zero-order valence-electron chi connectivity index (χ0n) is 22.0. The fourth-order valence-electron chi connectivity index (χ4n) is 4.72. The lowest BCUT2D eigenvalue weighted by Crippen LogP contribution is -2.46. The predicted octanol–water partition coefficient (Wildman–Crippen LogP) is 3.86. The van der Waals surface area contributed by atoms with E-state index in [1.807, 2.05) is 6.92 Å². The summed E-state index contributed by atoms with van der Waals surface area (Å²) in [5.74, 6) is -0.163. The van der Waals surface area contributed by atoms with Gasteiger partial charge in [0.15, 0.2) is 0 Å². The smallest absolute Gasteiger partial charge is 0.262 e. The lowest BCUT2D eigenvalue weighted by Gasteiger charge is -2.31. The summed E-state index contributed by atoms with van der Waals surface area (Å²) in [6.07, 6.45) is 1.02. The maximum absolute atomic E-state index is 13.7. The topological polar surface area (TPSA) is 65.5 Å². The number of amides is 2. The van der Waals surface area contributed by atoms with Crippen molar-refractivity contribution in [2.75, 3.05) is 45.9 Å². The molecular formula is C29H38N4O3. The maximum atomic E-state index is 13.7. The van der Waals surface area contributed by atoms with Gasteiger partial charge < -0.3 is 9.64 Å². The Bertz CT molecular complexity index is 1110. The summed E-state index contributed by atoms with van der Waals surface area (Å²) in [4.78, 5) is 30.4. The number of nitrogens with zero attached hydrogens (tertiary/aromatic N) is 4. The third kappa shape index (κ3) is 6.20. The van der Waals surface area contributed by atoms with Gasteiger partial charge in [0.1, 0.15) is 6.54 Å². The number of benzene rings is 2. The summed E-state index contributed by atoms with van der Waals surface area (Å²) in [7, 11) is 0. The lowest BCUT2D eigenvalue weighted by molar-refractivity contribution is -0.141. The molecular weight excluding hydrogens is 452 g/mol. The van der Waals surface area contributed by atoms with Crippen LogP contribution in [0.3, 0.4) is 0 Å². The predicted molar refractivity (Wildman–Crippen MR) is 142 cm³/mol. The fourth-order valence-corrected chi connectivity index (χ4v) is 4.72. The van der Waals surface area contributed by atoms with Gasteiger partial charge in [-0.3, -0.25) is 14.5 Å². The van der Waals surface area contributed by atoms with Gasteiger partial charge in [-0.15, -0.1) is 0 Å². The quantitative estimate of drug-likeness (QED) is 0.564. The van der Waals surface area contributed by atoms with Gasteiger partial charge in [0.05, 0.1) is 25.0 Å². The van der Waals surface area contributed by atoms with E-state index >= 15 is 0 Å². The molecule has 4 rings (SSSR count). The number of hydrogen-bond acceptors (Lipinski definition) is 5. The Morgan fingerprint density at radius 1 is 1.03 bits per heavy atom. The van der Waals surface area contributed by atoms with E-state index in [0.717, 1.165) is 36.5 Å². The zero-order valence-corrected chi connectivity index (χ0v) is 22.0. The monoisotopic (exact) mass is 490 g/mol. The molecule has 2 aliphatic rings. The summed E-state index contributed by atoms with van der Waals surface area (Å²) in [6.45, 7) is 12.5. The Morgan fingerprint density at radius 2 is 1.75 bits per heavy atom. The fraction of sp³-hybridized carbons (Fsp3) is 0.483. The van der Waals surface area contributed by atoms with E-state index in [4.69, 9.17) is 9.84 Å². The molecule has 2 aromatic rings. The maximum Gasteiger partial charge on any atom is 0.262 e. The van der Waals surface area contributed by atoms with Crippen molar-refractivity contribution in [1.82, 2.24) is 14.8 Å². The average Bonchev–Trinajstić information content (AvgIpc) is 3.34. The normalized spacial score (nSPS) is 18.3. The van der Waals surface area contributed by atoms with Gasteiger partial charge in [-0.05, 0) is 49.1 Å². The van der Waals surface area contributed by atoms with Crippen molar-refractivity contribution in [3.63, 3.8) is 0 Å². The van der Waals surface area contributed by atoms with Crippen molar-refractivity contribution in [2.24, 2.45) is 5.10 Å². The third-order valence-electron chi connectivity index (χ3n) is 7.24. The Morgan fingerprint density at radius 3 is 2.42 bits per heavy atom. The summed E-state index contributed by atoms with van der Waals surface area (Å²) in [5.41, 5.74) is 6.60.